The lowest BCUT2D eigenvalue weighted by Gasteiger charge is -2.29. The Kier molecular flexibility index (Phi) is 13.8. The molecule has 0 spiro atoms. The lowest BCUT2D eigenvalue weighted by Crippen LogP contribution is -2.60. The van der Waals surface area contributed by atoms with Gasteiger partial charge in [-0.05, 0) is 30.6 Å². The van der Waals surface area contributed by atoms with E-state index in [9.17, 15) is 24.3 Å². The number of carboxylic acid groups (broad SMARTS) is 1. The number of carboxylic acids is 1. The molecule has 0 aliphatic carbocycles. The number of nitrogens with zero attached hydrogens (tertiary/aromatic N) is 1. The molecule has 0 saturated carbocycles. The molecule has 3 amide bonds. The van der Waals surface area contributed by atoms with E-state index in [0.717, 1.165) is 0 Å². The van der Waals surface area contributed by atoms with E-state index < -0.39 is 47.9 Å². The molecule has 0 aliphatic rings. The van der Waals surface area contributed by atoms with Crippen LogP contribution in [0.1, 0.15) is 60.8 Å². The molecule has 5 atom stereocenters. The Labute approximate surface area is 201 Å². The minimum Gasteiger partial charge on any atom is -0.480 e. The molecule has 34 heavy (non-hydrogen) atoms. The Bertz CT molecular complexity index is 722. The Balaban J connectivity index is 5.33. The molecule has 0 aliphatic heterocycles. The molecule has 12 heteroatoms. The molecule has 196 valence electrons. The summed E-state index contributed by atoms with van der Waals surface area (Å²) in [6.45, 7) is 11.0. The molecular weight excluding hydrogens is 442 g/mol. The van der Waals surface area contributed by atoms with E-state index in [1.807, 2.05) is 13.8 Å². The van der Waals surface area contributed by atoms with E-state index >= 15 is 0 Å². The maximum absolute atomic E-state index is 13.0. The van der Waals surface area contributed by atoms with Crippen LogP contribution in [0, 0.1) is 17.8 Å². The third-order valence-corrected chi connectivity index (χ3v) is 5.61. The summed E-state index contributed by atoms with van der Waals surface area (Å²) in [6, 6.07) is -3.85. The first kappa shape index (κ1) is 31.1. The van der Waals surface area contributed by atoms with Gasteiger partial charge in [-0.2, -0.15) is 0 Å². The number of aliphatic imine (C=N–C) groups is 1. The van der Waals surface area contributed by atoms with E-state index in [1.54, 1.807) is 27.7 Å². The van der Waals surface area contributed by atoms with Gasteiger partial charge in [0.2, 0.25) is 17.7 Å². The van der Waals surface area contributed by atoms with Gasteiger partial charge in [-0.25, -0.2) is 4.79 Å². The zero-order valence-corrected chi connectivity index (χ0v) is 21.1. The molecule has 12 nitrogen and oxygen atoms in total. The fraction of sp³-hybridized carbons (Fsp3) is 0.773. The summed E-state index contributed by atoms with van der Waals surface area (Å²) in [5.74, 6) is -3.62. The van der Waals surface area contributed by atoms with Gasteiger partial charge in [-0.15, -0.1) is 0 Å². The van der Waals surface area contributed by atoms with Gasteiger partial charge in [-0.1, -0.05) is 48.0 Å². The highest BCUT2D eigenvalue weighted by atomic mass is 16.4. The molecule has 0 heterocycles. The van der Waals surface area contributed by atoms with E-state index in [0.29, 0.717) is 12.8 Å². The molecular formula is C22H43N7O5. The average Bonchev–Trinajstić information content (AvgIpc) is 2.75. The van der Waals surface area contributed by atoms with Crippen molar-refractivity contribution in [2.45, 2.75) is 85.0 Å². The van der Waals surface area contributed by atoms with Crippen LogP contribution in [0.3, 0.4) is 0 Å². The van der Waals surface area contributed by atoms with Gasteiger partial charge in [0.1, 0.15) is 18.1 Å². The topological polar surface area (TPSA) is 215 Å². The van der Waals surface area contributed by atoms with E-state index in [2.05, 4.69) is 20.9 Å². The van der Waals surface area contributed by atoms with E-state index in [4.69, 9.17) is 17.2 Å². The number of aliphatic carboxylic acids is 1. The summed E-state index contributed by atoms with van der Waals surface area (Å²) in [4.78, 5) is 53.8. The Morgan fingerprint density at radius 1 is 0.853 bits per heavy atom. The highest BCUT2D eigenvalue weighted by Gasteiger charge is 2.33. The van der Waals surface area contributed by atoms with Gasteiger partial charge in [0.05, 0.1) is 6.04 Å². The van der Waals surface area contributed by atoms with Gasteiger partial charge < -0.3 is 38.3 Å². The normalized spacial score (nSPS) is 15.6. The van der Waals surface area contributed by atoms with Crippen LogP contribution < -0.4 is 33.2 Å². The minimum atomic E-state index is -1.21. The molecule has 0 aromatic carbocycles. The lowest BCUT2D eigenvalue weighted by atomic mass is 9.96. The number of rotatable bonds is 15. The molecule has 5 unspecified atom stereocenters. The highest BCUT2D eigenvalue weighted by molar-refractivity contribution is 5.94. The molecule has 10 N–H and O–H groups in total. The first-order valence-electron chi connectivity index (χ1n) is 11.7. The number of amides is 3. The number of carbonyl (C=O) groups is 4. The Morgan fingerprint density at radius 2 is 1.32 bits per heavy atom. The summed E-state index contributed by atoms with van der Waals surface area (Å²) in [7, 11) is 0. The van der Waals surface area contributed by atoms with Crippen LogP contribution in [0.4, 0.5) is 0 Å². The van der Waals surface area contributed by atoms with Crippen LogP contribution in [-0.2, 0) is 19.2 Å². The number of guanidine groups is 1. The standard InChI is InChI=1S/C22H43N7O5/c1-7-13(6)15(23)18(30)28-17(12(4)5)20(32)29-16(11(2)3)19(31)27-14(21(33)34)9-8-10-26-22(24)25/h11-17H,7-10,23H2,1-6H3,(H,27,31)(H,28,30)(H,29,32)(H,33,34)(H4,24,25,26). The number of nitrogens with one attached hydrogen (secondary N) is 3. The van der Waals surface area contributed by atoms with Crippen molar-refractivity contribution in [1.29, 1.82) is 0 Å². The van der Waals surface area contributed by atoms with Gasteiger partial charge in [-0.3, -0.25) is 19.4 Å². The van der Waals surface area contributed by atoms with Crippen LogP contribution in [0.2, 0.25) is 0 Å². The number of hydrogen-bond acceptors (Lipinski definition) is 6. The number of hydrogen-bond donors (Lipinski definition) is 7. The predicted molar refractivity (Wildman–Crippen MR) is 130 cm³/mol. The van der Waals surface area contributed by atoms with Crippen molar-refractivity contribution in [2.75, 3.05) is 6.54 Å². The fourth-order valence-corrected chi connectivity index (χ4v) is 3.10. The van der Waals surface area contributed by atoms with E-state index in [1.165, 1.54) is 0 Å². The highest BCUT2D eigenvalue weighted by Crippen LogP contribution is 2.10. The Morgan fingerprint density at radius 3 is 1.74 bits per heavy atom. The zero-order valence-electron chi connectivity index (χ0n) is 21.1. The van der Waals surface area contributed by atoms with Crippen molar-refractivity contribution in [1.82, 2.24) is 16.0 Å². The summed E-state index contributed by atoms with van der Waals surface area (Å²) in [5, 5.41) is 17.3. The quantitative estimate of drug-likeness (QED) is 0.0888. The maximum atomic E-state index is 13.0. The third-order valence-electron chi connectivity index (χ3n) is 5.61. The summed E-state index contributed by atoms with van der Waals surface area (Å²) < 4.78 is 0. The first-order valence-corrected chi connectivity index (χ1v) is 11.7. The zero-order chi connectivity index (χ0) is 26.6. The van der Waals surface area contributed by atoms with Crippen LogP contribution in [0.5, 0.6) is 0 Å². The molecule has 0 radical (unpaired) electrons. The number of nitrogens with two attached hydrogens (primary N) is 3. The molecule has 0 aromatic heterocycles. The predicted octanol–water partition coefficient (Wildman–Crippen LogP) is -0.736. The summed E-state index contributed by atoms with van der Waals surface area (Å²) in [5.41, 5.74) is 16.5. The smallest absolute Gasteiger partial charge is 0.326 e. The van der Waals surface area contributed by atoms with Crippen LogP contribution in [0.25, 0.3) is 0 Å². The van der Waals surface area contributed by atoms with Crippen molar-refractivity contribution in [3.05, 3.63) is 0 Å². The molecule has 0 aromatic rings. The van der Waals surface area contributed by atoms with E-state index in [-0.39, 0.29) is 36.7 Å². The van der Waals surface area contributed by atoms with Crippen molar-refractivity contribution < 1.29 is 24.3 Å². The lowest BCUT2D eigenvalue weighted by molar-refractivity contribution is -0.143. The molecule has 0 fully saturated rings. The summed E-state index contributed by atoms with van der Waals surface area (Å²) >= 11 is 0. The third kappa shape index (κ3) is 10.8. The second-order valence-corrected chi connectivity index (χ2v) is 9.22. The monoisotopic (exact) mass is 485 g/mol. The molecule has 0 saturated heterocycles. The number of carbonyl (C=O) groups excluding carboxylic acids is 3. The second-order valence-electron chi connectivity index (χ2n) is 9.22. The minimum absolute atomic E-state index is 0.0648. The van der Waals surface area contributed by atoms with Crippen molar-refractivity contribution in [3.8, 4) is 0 Å². The first-order chi connectivity index (χ1) is 15.7. The van der Waals surface area contributed by atoms with Crippen LogP contribution in [-0.4, -0.2) is 65.5 Å². The maximum Gasteiger partial charge on any atom is 0.326 e. The SMILES string of the molecule is CCC(C)C(N)C(=O)NC(C(=O)NC(C(=O)NC(CCCN=C(N)N)C(=O)O)C(C)C)C(C)C. The fourth-order valence-electron chi connectivity index (χ4n) is 3.10. The van der Waals surface area contributed by atoms with Gasteiger partial charge in [0, 0.05) is 6.54 Å². The molecule has 0 bridgehead atoms. The average molecular weight is 486 g/mol. The molecule has 0 rings (SSSR count). The van der Waals surface area contributed by atoms with Gasteiger partial charge in [0.25, 0.3) is 0 Å². The van der Waals surface area contributed by atoms with Gasteiger partial charge >= 0.3 is 5.97 Å². The van der Waals surface area contributed by atoms with Crippen LogP contribution >= 0.6 is 0 Å². The van der Waals surface area contributed by atoms with Crippen LogP contribution in [0.15, 0.2) is 4.99 Å². The van der Waals surface area contributed by atoms with Crippen molar-refractivity contribution in [3.63, 3.8) is 0 Å². The van der Waals surface area contributed by atoms with Gasteiger partial charge in [0.15, 0.2) is 5.96 Å². The largest absolute Gasteiger partial charge is 0.480 e. The second kappa shape index (κ2) is 15.1. The Hall–Kier alpha value is -2.89. The van der Waals surface area contributed by atoms with Crippen molar-refractivity contribution in [2.24, 2.45) is 39.9 Å². The van der Waals surface area contributed by atoms with Crippen molar-refractivity contribution >= 4 is 29.7 Å². The summed E-state index contributed by atoms with van der Waals surface area (Å²) in [6.07, 6.45) is 1.15.